The first kappa shape index (κ1) is 31.0. The van der Waals surface area contributed by atoms with Crippen molar-refractivity contribution in [3.8, 4) is 0 Å². The van der Waals surface area contributed by atoms with Gasteiger partial charge in [-0.05, 0) is 78.4 Å². The molecule has 1 fully saturated rings. The quantitative estimate of drug-likeness (QED) is 0.243. The largest absolute Gasteiger partial charge is 0.261 e. The summed E-state index contributed by atoms with van der Waals surface area (Å²) in [4.78, 5) is 4.36. The number of hydrogen-bond acceptors (Lipinski definition) is 1. The lowest BCUT2D eigenvalue weighted by molar-refractivity contribution is 0.702. The number of rotatable bonds is 3. The van der Waals surface area contributed by atoms with E-state index in [0.29, 0.717) is 0 Å². The molecule has 1 nitrogen and oxygen atoms in total. The average molecular weight is 424 g/mol. The number of allylic oxidation sites excluding steroid dienone is 10. The van der Waals surface area contributed by atoms with Gasteiger partial charge in [-0.1, -0.05) is 80.9 Å². The zero-order chi connectivity index (χ0) is 24.2. The molecule has 0 aromatic carbocycles. The Morgan fingerprint density at radius 1 is 0.968 bits per heavy atom. The predicted molar refractivity (Wildman–Crippen MR) is 146 cm³/mol. The minimum Gasteiger partial charge on any atom is -0.261 e. The Balaban J connectivity index is 0. The van der Waals surface area contributed by atoms with Gasteiger partial charge in [-0.15, -0.1) is 6.58 Å². The second kappa shape index (κ2) is 19.8. The van der Waals surface area contributed by atoms with E-state index in [9.17, 15) is 0 Å². The molecule has 0 amide bonds. The molecule has 0 heterocycles. The molecule has 0 radical (unpaired) electrons. The van der Waals surface area contributed by atoms with E-state index < -0.39 is 0 Å². The maximum absolute atomic E-state index is 4.36. The van der Waals surface area contributed by atoms with E-state index in [4.69, 9.17) is 0 Å². The van der Waals surface area contributed by atoms with Crippen LogP contribution in [0.15, 0.2) is 88.7 Å². The van der Waals surface area contributed by atoms with Crippen LogP contribution in [-0.4, -0.2) is 5.71 Å². The molecule has 2 aliphatic rings. The van der Waals surface area contributed by atoms with Crippen LogP contribution >= 0.6 is 0 Å². The van der Waals surface area contributed by atoms with Gasteiger partial charge in [-0.3, -0.25) is 4.99 Å². The highest BCUT2D eigenvalue weighted by Crippen LogP contribution is 2.31. The van der Waals surface area contributed by atoms with Gasteiger partial charge in [0.1, 0.15) is 0 Å². The fourth-order valence-electron chi connectivity index (χ4n) is 3.26. The standard InChI is InChI=1S/C16H21N.C8H14.C4H8.C2H6/c1-6-8-9-13(5)14-10-11-15(17-7-2)16(14)12(3)4;1-8-6-4-2-3-5-7-8;1-4(2)3;1-2/h6-10H,2,11H2,1,3-5H3;1-7H2;1H2,2-3H3;1-2H3/b8-6-,13-9+,17-15?;;;. The zero-order valence-electron chi connectivity index (χ0n) is 21.9. The molecule has 1 saturated carbocycles. The summed E-state index contributed by atoms with van der Waals surface area (Å²) in [5, 5.41) is 0. The molecule has 0 spiro atoms. The summed E-state index contributed by atoms with van der Waals surface area (Å²) in [5.74, 6) is 0. The maximum Gasteiger partial charge on any atom is 0.0518 e. The highest BCUT2D eigenvalue weighted by Gasteiger charge is 2.20. The summed E-state index contributed by atoms with van der Waals surface area (Å²) in [7, 11) is 0. The Morgan fingerprint density at radius 2 is 1.48 bits per heavy atom. The highest BCUT2D eigenvalue weighted by atomic mass is 14.7. The Labute approximate surface area is 194 Å². The minimum atomic E-state index is 0.906. The van der Waals surface area contributed by atoms with Crippen molar-refractivity contribution in [2.24, 2.45) is 4.99 Å². The van der Waals surface area contributed by atoms with Crippen LogP contribution in [-0.2, 0) is 0 Å². The molecule has 0 aliphatic heterocycles. The Bertz CT molecular complexity index is 687. The van der Waals surface area contributed by atoms with Gasteiger partial charge < -0.3 is 0 Å². The first-order chi connectivity index (χ1) is 14.7. The predicted octanol–water partition coefficient (Wildman–Crippen LogP) is 10.3. The van der Waals surface area contributed by atoms with Crippen LogP contribution in [0.2, 0.25) is 0 Å². The van der Waals surface area contributed by atoms with E-state index >= 15 is 0 Å². The average Bonchev–Trinajstić information content (AvgIpc) is 3.00. The lowest BCUT2D eigenvalue weighted by atomic mass is 9.97. The second-order valence-corrected chi connectivity index (χ2v) is 8.20. The number of nitrogens with zero attached hydrogens (tertiary/aromatic N) is 1. The molecule has 31 heavy (non-hydrogen) atoms. The molecule has 2 aliphatic carbocycles. The van der Waals surface area contributed by atoms with Crippen molar-refractivity contribution in [1.29, 1.82) is 0 Å². The Morgan fingerprint density at radius 3 is 1.90 bits per heavy atom. The van der Waals surface area contributed by atoms with E-state index in [-0.39, 0.29) is 0 Å². The fourth-order valence-corrected chi connectivity index (χ4v) is 3.26. The van der Waals surface area contributed by atoms with Crippen LogP contribution < -0.4 is 0 Å². The van der Waals surface area contributed by atoms with E-state index in [2.05, 4.69) is 63.7 Å². The van der Waals surface area contributed by atoms with Gasteiger partial charge >= 0.3 is 0 Å². The first-order valence-corrected chi connectivity index (χ1v) is 11.9. The van der Waals surface area contributed by atoms with Gasteiger partial charge in [-0.25, -0.2) is 0 Å². The van der Waals surface area contributed by atoms with Crippen LogP contribution in [0.4, 0.5) is 0 Å². The second-order valence-electron chi connectivity index (χ2n) is 8.20. The summed E-state index contributed by atoms with van der Waals surface area (Å²) >= 11 is 0. The third kappa shape index (κ3) is 15.3. The van der Waals surface area contributed by atoms with E-state index in [1.54, 1.807) is 6.20 Å². The van der Waals surface area contributed by atoms with E-state index in [0.717, 1.165) is 12.1 Å². The van der Waals surface area contributed by atoms with Crippen LogP contribution in [0, 0.1) is 0 Å². The van der Waals surface area contributed by atoms with E-state index in [1.807, 2.05) is 40.7 Å². The summed E-state index contributed by atoms with van der Waals surface area (Å²) in [6.07, 6.45) is 19.3. The molecular weight excluding hydrogens is 374 g/mol. The molecule has 2 rings (SSSR count). The lowest BCUT2D eigenvalue weighted by Crippen LogP contribution is -2.00. The van der Waals surface area contributed by atoms with Crippen molar-refractivity contribution in [3.05, 3.63) is 83.7 Å². The van der Waals surface area contributed by atoms with E-state index in [1.165, 1.54) is 72.0 Å². The van der Waals surface area contributed by atoms with Gasteiger partial charge in [0.15, 0.2) is 0 Å². The number of aliphatic imine (C=N–C) groups is 1. The molecule has 0 unspecified atom stereocenters. The van der Waals surface area contributed by atoms with Crippen LogP contribution in [0.3, 0.4) is 0 Å². The maximum atomic E-state index is 4.36. The van der Waals surface area contributed by atoms with Gasteiger partial charge in [0.05, 0.1) is 5.71 Å². The highest BCUT2D eigenvalue weighted by molar-refractivity contribution is 6.09. The molecule has 0 atom stereocenters. The summed E-state index contributed by atoms with van der Waals surface area (Å²) < 4.78 is 0. The summed E-state index contributed by atoms with van der Waals surface area (Å²) in [6, 6.07) is 0. The molecule has 0 aromatic rings. The van der Waals surface area contributed by atoms with Crippen molar-refractivity contribution >= 4 is 5.71 Å². The van der Waals surface area contributed by atoms with Crippen molar-refractivity contribution in [1.82, 2.24) is 0 Å². The third-order valence-corrected chi connectivity index (χ3v) is 4.58. The summed E-state index contributed by atoms with van der Waals surface area (Å²) in [6.45, 7) is 27.6. The number of hydrogen-bond donors (Lipinski definition) is 0. The van der Waals surface area contributed by atoms with Gasteiger partial charge in [0.25, 0.3) is 0 Å². The van der Waals surface area contributed by atoms with Gasteiger partial charge in [0.2, 0.25) is 0 Å². The van der Waals surface area contributed by atoms with Crippen molar-refractivity contribution in [2.75, 3.05) is 0 Å². The Hall–Kier alpha value is -2.15. The van der Waals surface area contributed by atoms with Gasteiger partial charge in [0, 0.05) is 18.2 Å². The molecule has 0 saturated heterocycles. The molecule has 0 aromatic heterocycles. The smallest absolute Gasteiger partial charge is 0.0518 e. The monoisotopic (exact) mass is 423 g/mol. The normalized spacial score (nSPS) is 17.4. The molecule has 174 valence electrons. The van der Waals surface area contributed by atoms with Crippen molar-refractivity contribution in [2.45, 2.75) is 100 Å². The molecule has 0 bridgehead atoms. The SMILES string of the molecule is C=C(C)C.C=C1CCCCCC1.C=CN=C1CC=C(/C(C)=C/C=C\C)C1=C(C)C.CC. The van der Waals surface area contributed by atoms with Crippen LogP contribution in [0.1, 0.15) is 100 Å². The third-order valence-electron chi connectivity index (χ3n) is 4.58. The topological polar surface area (TPSA) is 12.4 Å². The zero-order valence-corrected chi connectivity index (χ0v) is 21.9. The molecular formula is C30H49N. The lowest BCUT2D eigenvalue weighted by Gasteiger charge is -2.09. The summed E-state index contributed by atoms with van der Waals surface area (Å²) in [5.41, 5.74) is 8.95. The molecule has 1 heteroatoms. The van der Waals surface area contributed by atoms with Crippen molar-refractivity contribution in [3.63, 3.8) is 0 Å². The fraction of sp³-hybridized carbons (Fsp3) is 0.500. The minimum absolute atomic E-state index is 0.906. The van der Waals surface area contributed by atoms with Crippen molar-refractivity contribution < 1.29 is 0 Å². The Kier molecular flexibility index (Phi) is 19.8. The van der Waals surface area contributed by atoms with Crippen LogP contribution in [0.5, 0.6) is 0 Å². The molecule has 0 N–H and O–H groups in total. The first-order valence-electron chi connectivity index (χ1n) is 11.9. The van der Waals surface area contributed by atoms with Gasteiger partial charge in [-0.2, -0.15) is 0 Å². The van der Waals surface area contributed by atoms with Crippen LogP contribution in [0.25, 0.3) is 0 Å².